The summed E-state index contributed by atoms with van der Waals surface area (Å²) in [5.74, 6) is 1.81. The van der Waals surface area contributed by atoms with Crippen LogP contribution in [0.15, 0.2) is 29.3 Å². The van der Waals surface area contributed by atoms with Gasteiger partial charge in [0.2, 0.25) is 0 Å². The van der Waals surface area contributed by atoms with Crippen LogP contribution in [0.1, 0.15) is 51.0 Å². The molecule has 1 saturated heterocycles. The first-order valence-corrected chi connectivity index (χ1v) is 10.9. The van der Waals surface area contributed by atoms with Crippen LogP contribution in [0.5, 0.6) is 5.75 Å². The standard InChI is InChI=1S/C23H35N3O3/c1-4-29-21(27)18-10-14-26(15-11-18)22(24-2)25-17-23(12-5-6-13-23)19-8-7-9-20(16-19)28-3/h7-9,16,18H,4-6,10-15,17H2,1-3H3,(H,24,25). The fourth-order valence-corrected chi connectivity index (χ4v) is 4.74. The molecule has 0 bridgehead atoms. The van der Waals surface area contributed by atoms with Crippen molar-refractivity contribution in [3.8, 4) is 5.75 Å². The van der Waals surface area contributed by atoms with Gasteiger partial charge in [0, 0.05) is 32.1 Å². The number of likely N-dealkylation sites (tertiary alicyclic amines) is 1. The van der Waals surface area contributed by atoms with E-state index in [1.54, 1.807) is 7.11 Å². The summed E-state index contributed by atoms with van der Waals surface area (Å²) in [6.45, 7) is 4.84. The summed E-state index contributed by atoms with van der Waals surface area (Å²) in [6, 6.07) is 8.50. The van der Waals surface area contributed by atoms with Crippen molar-refractivity contribution in [1.82, 2.24) is 10.2 Å². The van der Waals surface area contributed by atoms with Gasteiger partial charge < -0.3 is 19.7 Å². The molecule has 2 aliphatic rings. The van der Waals surface area contributed by atoms with Crippen molar-refractivity contribution < 1.29 is 14.3 Å². The van der Waals surface area contributed by atoms with E-state index in [1.165, 1.54) is 31.2 Å². The van der Waals surface area contributed by atoms with E-state index in [2.05, 4.69) is 33.4 Å². The molecule has 29 heavy (non-hydrogen) atoms. The first-order valence-electron chi connectivity index (χ1n) is 10.9. The van der Waals surface area contributed by atoms with Gasteiger partial charge in [-0.2, -0.15) is 0 Å². The molecule has 6 heteroatoms. The van der Waals surface area contributed by atoms with Crippen molar-refractivity contribution in [2.75, 3.05) is 40.4 Å². The highest BCUT2D eigenvalue weighted by molar-refractivity contribution is 5.80. The van der Waals surface area contributed by atoms with Crippen molar-refractivity contribution >= 4 is 11.9 Å². The Labute approximate surface area is 174 Å². The summed E-state index contributed by atoms with van der Waals surface area (Å²) < 4.78 is 10.6. The van der Waals surface area contributed by atoms with Crippen LogP contribution in [-0.2, 0) is 14.9 Å². The van der Waals surface area contributed by atoms with E-state index < -0.39 is 0 Å². The number of piperidine rings is 1. The monoisotopic (exact) mass is 401 g/mol. The Morgan fingerprint density at radius 3 is 2.62 bits per heavy atom. The van der Waals surface area contributed by atoms with Crippen molar-refractivity contribution in [3.05, 3.63) is 29.8 Å². The normalized spacial score (nSPS) is 19.8. The molecule has 1 aromatic rings. The first kappa shape index (κ1) is 21.5. The molecule has 1 saturated carbocycles. The molecule has 1 aliphatic carbocycles. The van der Waals surface area contributed by atoms with E-state index in [0.29, 0.717) is 6.61 Å². The number of carbonyl (C=O) groups excluding carboxylic acids is 1. The third-order valence-corrected chi connectivity index (χ3v) is 6.45. The number of nitrogens with one attached hydrogen (secondary N) is 1. The number of hydrogen-bond donors (Lipinski definition) is 1. The topological polar surface area (TPSA) is 63.2 Å². The zero-order valence-corrected chi connectivity index (χ0v) is 18.1. The highest BCUT2D eigenvalue weighted by Gasteiger charge is 2.36. The van der Waals surface area contributed by atoms with Gasteiger partial charge in [-0.3, -0.25) is 9.79 Å². The second kappa shape index (κ2) is 9.99. The minimum absolute atomic E-state index is 0.0160. The Bertz CT molecular complexity index is 705. The molecule has 1 N–H and O–H groups in total. The maximum atomic E-state index is 12.0. The Morgan fingerprint density at radius 1 is 1.28 bits per heavy atom. The summed E-state index contributed by atoms with van der Waals surface area (Å²) in [5, 5.41) is 3.65. The number of aliphatic imine (C=N–C) groups is 1. The second-order valence-corrected chi connectivity index (χ2v) is 8.13. The van der Waals surface area contributed by atoms with Crippen LogP contribution in [0, 0.1) is 5.92 Å². The van der Waals surface area contributed by atoms with Gasteiger partial charge in [0.1, 0.15) is 5.75 Å². The number of rotatable bonds is 6. The molecular weight excluding hydrogens is 366 g/mol. The summed E-state index contributed by atoms with van der Waals surface area (Å²) in [6.07, 6.45) is 6.50. The van der Waals surface area contributed by atoms with Crippen LogP contribution < -0.4 is 10.1 Å². The summed E-state index contributed by atoms with van der Waals surface area (Å²) in [4.78, 5) is 18.8. The summed E-state index contributed by atoms with van der Waals surface area (Å²) in [5.41, 5.74) is 1.46. The van der Waals surface area contributed by atoms with Gasteiger partial charge in [0.05, 0.1) is 19.6 Å². The number of carbonyl (C=O) groups is 1. The van der Waals surface area contributed by atoms with Gasteiger partial charge >= 0.3 is 5.97 Å². The van der Waals surface area contributed by atoms with E-state index in [9.17, 15) is 4.79 Å². The first-order chi connectivity index (χ1) is 14.1. The molecule has 1 aliphatic heterocycles. The molecule has 0 spiro atoms. The van der Waals surface area contributed by atoms with Crippen LogP contribution >= 0.6 is 0 Å². The minimum atomic E-state index is -0.0574. The Balaban J connectivity index is 1.62. The van der Waals surface area contributed by atoms with Crippen molar-refractivity contribution in [3.63, 3.8) is 0 Å². The molecule has 0 aromatic heterocycles. The van der Waals surface area contributed by atoms with Gasteiger partial charge in [-0.1, -0.05) is 25.0 Å². The molecule has 2 fully saturated rings. The number of guanidine groups is 1. The average molecular weight is 402 g/mol. The number of ether oxygens (including phenoxy) is 2. The quantitative estimate of drug-likeness (QED) is 0.450. The fraction of sp³-hybridized carbons (Fsp3) is 0.652. The van der Waals surface area contributed by atoms with Crippen LogP contribution in [0.25, 0.3) is 0 Å². The van der Waals surface area contributed by atoms with Crippen LogP contribution in [0.3, 0.4) is 0 Å². The number of nitrogens with zero attached hydrogens (tertiary/aromatic N) is 2. The summed E-state index contributed by atoms with van der Waals surface area (Å²) in [7, 11) is 3.56. The molecule has 1 heterocycles. The fourth-order valence-electron chi connectivity index (χ4n) is 4.74. The number of methoxy groups -OCH3 is 1. The predicted molar refractivity (Wildman–Crippen MR) is 115 cm³/mol. The third kappa shape index (κ3) is 5.03. The van der Waals surface area contributed by atoms with Gasteiger partial charge in [-0.25, -0.2) is 0 Å². The molecule has 0 atom stereocenters. The molecule has 0 radical (unpaired) electrons. The van der Waals surface area contributed by atoms with Crippen LogP contribution in [-0.4, -0.2) is 57.2 Å². The number of benzene rings is 1. The van der Waals surface area contributed by atoms with Crippen molar-refractivity contribution in [2.45, 2.75) is 50.9 Å². The molecule has 160 valence electrons. The smallest absolute Gasteiger partial charge is 0.309 e. The lowest BCUT2D eigenvalue weighted by Crippen LogP contribution is -2.49. The molecule has 6 nitrogen and oxygen atoms in total. The van der Waals surface area contributed by atoms with Gasteiger partial charge in [-0.05, 0) is 50.3 Å². The van der Waals surface area contributed by atoms with E-state index in [0.717, 1.165) is 44.2 Å². The lowest BCUT2D eigenvalue weighted by molar-refractivity contribution is -0.149. The number of esters is 1. The second-order valence-electron chi connectivity index (χ2n) is 8.13. The third-order valence-electron chi connectivity index (χ3n) is 6.45. The Hall–Kier alpha value is -2.24. The van der Waals surface area contributed by atoms with Crippen molar-refractivity contribution in [2.24, 2.45) is 10.9 Å². The van der Waals surface area contributed by atoms with E-state index in [1.807, 2.05) is 20.0 Å². The van der Waals surface area contributed by atoms with E-state index in [4.69, 9.17) is 9.47 Å². The molecule has 0 unspecified atom stereocenters. The van der Waals surface area contributed by atoms with Gasteiger partial charge in [0.15, 0.2) is 5.96 Å². The van der Waals surface area contributed by atoms with Crippen LogP contribution in [0.2, 0.25) is 0 Å². The zero-order valence-electron chi connectivity index (χ0n) is 18.1. The molecule has 0 amide bonds. The maximum Gasteiger partial charge on any atom is 0.309 e. The highest BCUT2D eigenvalue weighted by atomic mass is 16.5. The Morgan fingerprint density at radius 2 is 2.00 bits per heavy atom. The van der Waals surface area contributed by atoms with E-state index in [-0.39, 0.29) is 17.3 Å². The van der Waals surface area contributed by atoms with Crippen LogP contribution in [0.4, 0.5) is 0 Å². The number of hydrogen-bond acceptors (Lipinski definition) is 4. The average Bonchev–Trinajstić information content (AvgIpc) is 3.25. The van der Waals surface area contributed by atoms with Gasteiger partial charge in [-0.15, -0.1) is 0 Å². The SMILES string of the molecule is CCOC(=O)C1CCN(C(=NC)NCC2(c3cccc(OC)c3)CCCC2)CC1. The Kier molecular flexibility index (Phi) is 7.40. The van der Waals surface area contributed by atoms with Crippen molar-refractivity contribution in [1.29, 1.82) is 0 Å². The molecule has 1 aromatic carbocycles. The van der Waals surface area contributed by atoms with E-state index >= 15 is 0 Å². The predicted octanol–water partition coefficient (Wildman–Crippen LogP) is 3.36. The lowest BCUT2D eigenvalue weighted by Gasteiger charge is -2.36. The lowest BCUT2D eigenvalue weighted by atomic mass is 9.78. The molecular formula is C23H35N3O3. The highest BCUT2D eigenvalue weighted by Crippen LogP contribution is 2.41. The zero-order chi connectivity index (χ0) is 20.7. The summed E-state index contributed by atoms with van der Waals surface area (Å²) >= 11 is 0. The van der Waals surface area contributed by atoms with Gasteiger partial charge in [0.25, 0.3) is 0 Å². The molecule has 3 rings (SSSR count). The maximum absolute atomic E-state index is 12.0. The largest absolute Gasteiger partial charge is 0.497 e. The minimum Gasteiger partial charge on any atom is -0.497 e.